The molecule has 8 nitrogen and oxygen atoms in total. The number of ether oxygens (including phenoxy) is 3. The molecule has 6 atom stereocenters. The third-order valence-electron chi connectivity index (χ3n) is 5.34. The van der Waals surface area contributed by atoms with E-state index in [-0.39, 0.29) is 23.8 Å². The molecule has 0 radical (unpaired) electrons. The van der Waals surface area contributed by atoms with Crippen molar-refractivity contribution < 1.29 is 38.5 Å². The van der Waals surface area contributed by atoms with Gasteiger partial charge in [-0.3, -0.25) is 14.4 Å². The van der Waals surface area contributed by atoms with E-state index in [1.54, 1.807) is 6.08 Å². The van der Waals surface area contributed by atoms with Crippen molar-refractivity contribution in [3.05, 3.63) is 24.3 Å². The molecule has 1 fully saturated rings. The Kier molecular flexibility index (Phi) is 7.23. The summed E-state index contributed by atoms with van der Waals surface area (Å²) in [5.41, 5.74) is -2.17. The first kappa shape index (κ1) is 23.8. The smallest absolute Gasteiger partial charge is 0.334 e. The summed E-state index contributed by atoms with van der Waals surface area (Å²) in [6.45, 7) is 11.6. The van der Waals surface area contributed by atoms with Gasteiger partial charge in [0, 0.05) is 18.9 Å². The van der Waals surface area contributed by atoms with Crippen LogP contribution in [0.1, 0.15) is 47.5 Å². The summed E-state index contributed by atoms with van der Waals surface area (Å²) in [7, 11) is 0. The number of rotatable bonds is 4. The number of esters is 3. The van der Waals surface area contributed by atoms with Crippen molar-refractivity contribution in [1.29, 1.82) is 0 Å². The lowest BCUT2D eigenvalue weighted by molar-refractivity contribution is -0.196. The second kappa shape index (κ2) is 9.12. The van der Waals surface area contributed by atoms with Gasteiger partial charge in [0.25, 0.3) is 0 Å². The van der Waals surface area contributed by atoms with Crippen LogP contribution >= 0.6 is 0 Å². The van der Waals surface area contributed by atoms with Gasteiger partial charge >= 0.3 is 17.9 Å². The van der Waals surface area contributed by atoms with Crippen LogP contribution in [-0.2, 0) is 33.4 Å². The standard InChI is InChI=1S/C22H30O8/c1-11(2)9-17(25)30-19-18-13(4)21(26)29-15(18)10-12(3)7-8-16(24)22(6,27)20(19)28-14(5)23/h7-8,11-12,15,18-20,27H,4,9-10H2,1-3,5-6H3/b8-7-/t12-,15+,18+,19-,20+,22-/m0/s1. The van der Waals surface area contributed by atoms with Crippen LogP contribution in [0, 0.1) is 17.8 Å². The van der Waals surface area contributed by atoms with E-state index in [4.69, 9.17) is 14.2 Å². The van der Waals surface area contributed by atoms with E-state index in [1.165, 1.54) is 13.0 Å². The molecule has 0 aromatic carbocycles. The van der Waals surface area contributed by atoms with Crippen LogP contribution in [0.5, 0.6) is 0 Å². The van der Waals surface area contributed by atoms with E-state index in [0.29, 0.717) is 6.42 Å². The van der Waals surface area contributed by atoms with Crippen LogP contribution in [-0.4, -0.2) is 52.7 Å². The Hall–Kier alpha value is -2.48. The molecule has 1 N–H and O–H groups in total. The average Bonchev–Trinajstić information content (AvgIpc) is 2.88. The second-order valence-corrected chi connectivity index (χ2v) is 8.66. The highest BCUT2D eigenvalue weighted by molar-refractivity contribution is 5.97. The molecule has 1 saturated heterocycles. The summed E-state index contributed by atoms with van der Waals surface area (Å²) in [5.74, 6) is -3.83. The molecule has 0 unspecified atom stereocenters. The fourth-order valence-electron chi connectivity index (χ4n) is 3.79. The molecule has 166 valence electrons. The summed E-state index contributed by atoms with van der Waals surface area (Å²) in [5, 5.41) is 11.1. The van der Waals surface area contributed by atoms with E-state index in [0.717, 1.165) is 6.92 Å². The number of ketones is 1. The Morgan fingerprint density at radius 3 is 2.53 bits per heavy atom. The highest BCUT2D eigenvalue weighted by Gasteiger charge is 2.55. The number of carbonyl (C=O) groups excluding carboxylic acids is 4. The molecule has 0 amide bonds. The Labute approximate surface area is 176 Å². The molecular weight excluding hydrogens is 392 g/mol. The summed E-state index contributed by atoms with van der Waals surface area (Å²) >= 11 is 0. The lowest BCUT2D eigenvalue weighted by Crippen LogP contribution is -2.58. The first-order valence-corrected chi connectivity index (χ1v) is 10.1. The van der Waals surface area contributed by atoms with Crippen molar-refractivity contribution in [3.8, 4) is 0 Å². The maximum absolute atomic E-state index is 12.7. The SMILES string of the molecule is C=C1C(=O)O[C@@H]2C[C@@H](C)/C=C\C(=O)[C@](C)(O)[C@H](OC(C)=O)[C@@H](OC(=O)CC(C)C)[C@H]12. The number of allylic oxidation sites excluding steroid dienone is 1. The molecule has 1 heterocycles. The first-order valence-electron chi connectivity index (χ1n) is 10.1. The quantitative estimate of drug-likeness (QED) is 0.415. The number of aliphatic hydroxyl groups is 1. The maximum Gasteiger partial charge on any atom is 0.334 e. The Morgan fingerprint density at radius 2 is 1.97 bits per heavy atom. The predicted molar refractivity (Wildman–Crippen MR) is 106 cm³/mol. The van der Waals surface area contributed by atoms with E-state index >= 15 is 0 Å². The summed E-state index contributed by atoms with van der Waals surface area (Å²) in [6, 6.07) is 0. The highest BCUT2D eigenvalue weighted by Crippen LogP contribution is 2.40. The minimum Gasteiger partial charge on any atom is -0.458 e. The molecule has 8 heteroatoms. The third kappa shape index (κ3) is 5.16. The molecule has 30 heavy (non-hydrogen) atoms. The zero-order chi connectivity index (χ0) is 22.8. The van der Waals surface area contributed by atoms with Crippen LogP contribution in [0.25, 0.3) is 0 Å². The number of hydrogen-bond acceptors (Lipinski definition) is 8. The molecular formula is C22H30O8. The van der Waals surface area contributed by atoms with Crippen molar-refractivity contribution >= 4 is 23.7 Å². The number of fused-ring (bicyclic) bond motifs is 1. The van der Waals surface area contributed by atoms with Gasteiger partial charge in [-0.2, -0.15) is 0 Å². The molecule has 0 aromatic rings. The molecule has 0 bridgehead atoms. The molecule has 2 rings (SSSR count). The van der Waals surface area contributed by atoms with Crippen molar-refractivity contribution in [1.82, 2.24) is 0 Å². The van der Waals surface area contributed by atoms with Crippen molar-refractivity contribution in [2.45, 2.75) is 71.4 Å². The van der Waals surface area contributed by atoms with Crippen LogP contribution in [0.15, 0.2) is 24.3 Å². The second-order valence-electron chi connectivity index (χ2n) is 8.66. The summed E-state index contributed by atoms with van der Waals surface area (Å²) in [4.78, 5) is 49.4. The Bertz CT molecular complexity index is 763. The monoisotopic (exact) mass is 422 g/mol. The van der Waals surface area contributed by atoms with Crippen LogP contribution in [0.2, 0.25) is 0 Å². The topological polar surface area (TPSA) is 116 Å². The molecule has 0 saturated carbocycles. The van der Waals surface area contributed by atoms with E-state index < -0.39 is 53.5 Å². The molecule has 1 aliphatic carbocycles. The van der Waals surface area contributed by atoms with Crippen LogP contribution in [0.3, 0.4) is 0 Å². The van der Waals surface area contributed by atoms with Crippen LogP contribution in [0.4, 0.5) is 0 Å². The minimum absolute atomic E-state index is 0.0187. The zero-order valence-corrected chi connectivity index (χ0v) is 18.0. The van der Waals surface area contributed by atoms with Gasteiger partial charge in [-0.1, -0.05) is 33.4 Å². The van der Waals surface area contributed by atoms with Gasteiger partial charge in [-0.15, -0.1) is 0 Å². The summed E-state index contributed by atoms with van der Waals surface area (Å²) < 4.78 is 16.4. The van der Waals surface area contributed by atoms with E-state index in [1.807, 2.05) is 20.8 Å². The van der Waals surface area contributed by atoms with Gasteiger partial charge in [0.1, 0.15) is 6.10 Å². The lowest BCUT2D eigenvalue weighted by atomic mass is 9.77. The van der Waals surface area contributed by atoms with E-state index in [9.17, 15) is 24.3 Å². The van der Waals surface area contributed by atoms with Gasteiger partial charge in [-0.25, -0.2) is 4.79 Å². The largest absolute Gasteiger partial charge is 0.458 e. The third-order valence-corrected chi connectivity index (χ3v) is 5.34. The van der Waals surface area contributed by atoms with Crippen LogP contribution < -0.4 is 0 Å². The van der Waals surface area contributed by atoms with Gasteiger partial charge in [-0.05, 0) is 31.3 Å². The normalized spacial score (nSPS) is 35.4. The van der Waals surface area contributed by atoms with E-state index in [2.05, 4.69) is 6.58 Å². The van der Waals surface area contributed by atoms with Gasteiger partial charge in [0.15, 0.2) is 23.6 Å². The maximum atomic E-state index is 12.7. The van der Waals surface area contributed by atoms with Crippen molar-refractivity contribution in [3.63, 3.8) is 0 Å². The Morgan fingerprint density at radius 1 is 1.33 bits per heavy atom. The van der Waals surface area contributed by atoms with Gasteiger partial charge in [0.05, 0.1) is 5.92 Å². The number of carbonyl (C=O) groups is 4. The highest BCUT2D eigenvalue weighted by atomic mass is 16.6. The Balaban J connectivity index is 2.62. The predicted octanol–water partition coefficient (Wildman–Crippen LogP) is 1.89. The lowest BCUT2D eigenvalue weighted by Gasteiger charge is -2.39. The van der Waals surface area contributed by atoms with Crippen molar-refractivity contribution in [2.75, 3.05) is 0 Å². The molecule has 0 aromatic heterocycles. The van der Waals surface area contributed by atoms with Gasteiger partial charge in [0.2, 0.25) is 0 Å². The molecule has 2 aliphatic rings. The average molecular weight is 422 g/mol. The summed E-state index contributed by atoms with van der Waals surface area (Å²) in [6.07, 6.45) is -0.403. The molecule has 0 spiro atoms. The zero-order valence-electron chi connectivity index (χ0n) is 18.0. The minimum atomic E-state index is -2.21. The fourth-order valence-corrected chi connectivity index (χ4v) is 3.79. The fraction of sp³-hybridized carbons (Fsp3) is 0.636. The van der Waals surface area contributed by atoms with Gasteiger partial charge < -0.3 is 19.3 Å². The van der Waals surface area contributed by atoms with Crippen molar-refractivity contribution in [2.24, 2.45) is 17.8 Å². The first-order chi connectivity index (χ1) is 13.8. The number of hydrogen-bond donors (Lipinski definition) is 1. The molecule has 1 aliphatic heterocycles.